The van der Waals surface area contributed by atoms with Gasteiger partial charge in [-0.3, -0.25) is 9.69 Å². The number of aryl methyl sites for hydroxylation is 1. The molecule has 2 aromatic heterocycles. The van der Waals surface area contributed by atoms with Crippen molar-refractivity contribution in [3.8, 4) is 22.7 Å². The van der Waals surface area contributed by atoms with Crippen LogP contribution in [0.4, 0.5) is 5.13 Å². The first-order valence-corrected chi connectivity index (χ1v) is 12.6. The molecule has 1 aliphatic heterocycles. The number of hydrogen-bond donors (Lipinski definition) is 0. The fourth-order valence-corrected chi connectivity index (χ4v) is 5.33. The van der Waals surface area contributed by atoms with E-state index >= 15 is 0 Å². The van der Waals surface area contributed by atoms with E-state index in [0.29, 0.717) is 29.5 Å². The Labute approximate surface area is 212 Å². The number of ether oxygens (including phenoxy) is 2. The molecule has 7 nitrogen and oxygen atoms in total. The number of methoxy groups -OCH3 is 1. The Morgan fingerprint density at radius 2 is 2.00 bits per heavy atom. The van der Waals surface area contributed by atoms with Crippen LogP contribution in [0.1, 0.15) is 28.9 Å². The number of carbonyl (C=O) groups excluding carboxylic acids is 1. The van der Waals surface area contributed by atoms with Crippen molar-refractivity contribution >= 4 is 34.0 Å². The van der Waals surface area contributed by atoms with Crippen LogP contribution in [-0.4, -0.2) is 47.0 Å². The van der Waals surface area contributed by atoms with Crippen molar-refractivity contribution in [2.45, 2.75) is 25.9 Å². The molecule has 1 aliphatic rings. The van der Waals surface area contributed by atoms with Gasteiger partial charge in [0.05, 0.1) is 36.8 Å². The molecule has 3 heterocycles. The largest absolute Gasteiger partial charge is 0.497 e. The maximum absolute atomic E-state index is 13.9. The van der Waals surface area contributed by atoms with Crippen LogP contribution < -0.4 is 9.64 Å². The summed E-state index contributed by atoms with van der Waals surface area (Å²) in [7, 11) is 1.64. The average Bonchev–Trinajstić information content (AvgIpc) is 3.64. The number of aromatic nitrogens is 3. The summed E-state index contributed by atoms with van der Waals surface area (Å²) in [6.07, 6.45) is 1.83. The second-order valence-electron chi connectivity index (χ2n) is 8.29. The highest BCUT2D eigenvalue weighted by Crippen LogP contribution is 2.32. The minimum absolute atomic E-state index is 0.0458. The van der Waals surface area contributed by atoms with Crippen LogP contribution in [0.5, 0.6) is 5.75 Å². The van der Waals surface area contributed by atoms with Gasteiger partial charge in [-0.05, 0) is 56.2 Å². The highest BCUT2D eigenvalue weighted by Gasteiger charge is 2.31. The third-order valence-electron chi connectivity index (χ3n) is 5.98. The first-order chi connectivity index (χ1) is 17.0. The minimum Gasteiger partial charge on any atom is -0.497 e. The maximum atomic E-state index is 13.9. The van der Waals surface area contributed by atoms with Crippen LogP contribution in [0.2, 0.25) is 5.15 Å². The topological polar surface area (TPSA) is 69.5 Å². The molecule has 180 valence electrons. The molecule has 0 aliphatic carbocycles. The number of para-hydroxylation sites is 1. The zero-order valence-corrected chi connectivity index (χ0v) is 21.1. The lowest BCUT2D eigenvalue weighted by molar-refractivity contribution is 0.0917. The molecule has 1 amide bonds. The Bertz CT molecular complexity index is 1310. The number of anilines is 1. The first kappa shape index (κ1) is 23.5. The molecule has 0 unspecified atom stereocenters. The van der Waals surface area contributed by atoms with Gasteiger partial charge in [0.1, 0.15) is 16.5 Å². The standard InChI is InChI=1S/C26H25ClN4O3S/c1-17-23(24(27)31(29-17)19-7-4-3-5-8-19)25(32)30(15-21-9-6-14-34-21)26-28-22(16-35-26)18-10-12-20(33-2)13-11-18/h3-5,7-8,10-13,16,21H,6,9,14-15H2,1-2H3/t21-/m0/s1. The molecule has 1 atom stereocenters. The predicted molar refractivity (Wildman–Crippen MR) is 138 cm³/mol. The van der Waals surface area contributed by atoms with Gasteiger partial charge in [0, 0.05) is 17.6 Å². The summed E-state index contributed by atoms with van der Waals surface area (Å²) < 4.78 is 12.7. The number of benzene rings is 2. The Kier molecular flexibility index (Phi) is 6.86. The van der Waals surface area contributed by atoms with Crippen LogP contribution in [-0.2, 0) is 4.74 Å². The van der Waals surface area contributed by atoms with E-state index < -0.39 is 0 Å². The van der Waals surface area contributed by atoms with E-state index in [9.17, 15) is 4.79 Å². The zero-order chi connectivity index (χ0) is 24.4. The van der Waals surface area contributed by atoms with E-state index in [1.807, 2.05) is 60.0 Å². The lowest BCUT2D eigenvalue weighted by atomic mass is 10.2. The summed E-state index contributed by atoms with van der Waals surface area (Å²) in [5, 5.41) is 7.39. The monoisotopic (exact) mass is 508 g/mol. The molecule has 0 saturated carbocycles. The lowest BCUT2D eigenvalue weighted by Crippen LogP contribution is -2.37. The maximum Gasteiger partial charge on any atom is 0.265 e. The number of hydrogen-bond acceptors (Lipinski definition) is 6. The molecule has 1 saturated heterocycles. The Morgan fingerprint density at radius 3 is 2.69 bits per heavy atom. The summed E-state index contributed by atoms with van der Waals surface area (Å²) in [6.45, 7) is 2.90. The summed E-state index contributed by atoms with van der Waals surface area (Å²) >= 11 is 8.15. The molecular weight excluding hydrogens is 484 g/mol. The van der Waals surface area contributed by atoms with Crippen molar-refractivity contribution in [2.24, 2.45) is 0 Å². The highest BCUT2D eigenvalue weighted by atomic mass is 35.5. The Morgan fingerprint density at radius 1 is 1.23 bits per heavy atom. The van der Waals surface area contributed by atoms with Crippen molar-refractivity contribution in [1.29, 1.82) is 0 Å². The molecular formula is C26H25ClN4O3S. The number of halogens is 1. The summed E-state index contributed by atoms with van der Waals surface area (Å²) in [6, 6.07) is 17.2. The van der Waals surface area contributed by atoms with Gasteiger partial charge in [0.15, 0.2) is 5.13 Å². The molecule has 0 N–H and O–H groups in total. The van der Waals surface area contributed by atoms with E-state index in [-0.39, 0.29) is 17.2 Å². The fourth-order valence-electron chi connectivity index (χ4n) is 4.14. The van der Waals surface area contributed by atoms with Crippen LogP contribution >= 0.6 is 22.9 Å². The first-order valence-electron chi connectivity index (χ1n) is 11.4. The van der Waals surface area contributed by atoms with Crippen LogP contribution in [0.15, 0.2) is 60.0 Å². The highest BCUT2D eigenvalue weighted by molar-refractivity contribution is 7.14. The molecule has 35 heavy (non-hydrogen) atoms. The zero-order valence-electron chi connectivity index (χ0n) is 19.5. The summed E-state index contributed by atoms with van der Waals surface area (Å²) in [4.78, 5) is 20.4. The second-order valence-corrected chi connectivity index (χ2v) is 9.49. The predicted octanol–water partition coefficient (Wildman–Crippen LogP) is 5.79. The molecule has 0 bridgehead atoms. The van der Waals surface area contributed by atoms with E-state index in [0.717, 1.165) is 35.5 Å². The summed E-state index contributed by atoms with van der Waals surface area (Å²) in [5.41, 5.74) is 3.47. The molecule has 5 rings (SSSR count). The van der Waals surface area contributed by atoms with Gasteiger partial charge in [-0.2, -0.15) is 5.10 Å². The smallest absolute Gasteiger partial charge is 0.265 e. The number of amides is 1. The van der Waals surface area contributed by atoms with E-state index in [1.165, 1.54) is 11.3 Å². The van der Waals surface area contributed by atoms with Crippen LogP contribution in [0.3, 0.4) is 0 Å². The Hall–Kier alpha value is -3.20. The normalized spacial score (nSPS) is 15.3. The van der Waals surface area contributed by atoms with Gasteiger partial charge in [-0.1, -0.05) is 29.8 Å². The quantitative estimate of drug-likeness (QED) is 0.316. The van der Waals surface area contributed by atoms with Gasteiger partial charge in [-0.25, -0.2) is 9.67 Å². The van der Waals surface area contributed by atoms with Crippen molar-refractivity contribution < 1.29 is 14.3 Å². The second kappa shape index (κ2) is 10.2. The van der Waals surface area contributed by atoms with Gasteiger partial charge >= 0.3 is 0 Å². The van der Waals surface area contributed by atoms with Crippen molar-refractivity contribution in [2.75, 3.05) is 25.2 Å². The Balaban J connectivity index is 1.50. The fraction of sp³-hybridized carbons (Fsp3) is 0.269. The molecule has 0 radical (unpaired) electrons. The lowest BCUT2D eigenvalue weighted by Gasteiger charge is -2.23. The average molecular weight is 509 g/mol. The van der Waals surface area contributed by atoms with Gasteiger partial charge < -0.3 is 9.47 Å². The molecule has 1 fully saturated rings. The molecule has 4 aromatic rings. The molecule has 2 aromatic carbocycles. The van der Waals surface area contributed by atoms with Crippen LogP contribution in [0, 0.1) is 6.92 Å². The third-order valence-corrected chi connectivity index (χ3v) is 7.20. The van der Waals surface area contributed by atoms with Gasteiger partial charge in [0.25, 0.3) is 5.91 Å². The summed E-state index contributed by atoms with van der Waals surface area (Å²) in [5.74, 6) is 0.542. The van der Waals surface area contributed by atoms with E-state index in [1.54, 1.807) is 23.6 Å². The third kappa shape index (κ3) is 4.82. The SMILES string of the molecule is COc1ccc(-c2csc(N(C[C@@H]3CCCO3)C(=O)c3c(C)nn(-c4ccccc4)c3Cl)n2)cc1. The number of nitrogens with zero attached hydrogens (tertiary/aromatic N) is 4. The molecule has 0 spiro atoms. The van der Waals surface area contributed by atoms with Crippen molar-refractivity contribution in [1.82, 2.24) is 14.8 Å². The molecule has 9 heteroatoms. The minimum atomic E-state index is -0.235. The number of thiazole rings is 1. The van der Waals surface area contributed by atoms with Gasteiger partial charge in [-0.15, -0.1) is 11.3 Å². The van der Waals surface area contributed by atoms with E-state index in [4.69, 9.17) is 26.1 Å². The van der Waals surface area contributed by atoms with Crippen molar-refractivity contribution in [3.05, 3.63) is 76.4 Å². The van der Waals surface area contributed by atoms with Crippen LogP contribution in [0.25, 0.3) is 16.9 Å². The van der Waals surface area contributed by atoms with Gasteiger partial charge in [0.2, 0.25) is 0 Å². The number of carbonyl (C=O) groups is 1. The van der Waals surface area contributed by atoms with E-state index in [2.05, 4.69) is 5.10 Å². The van der Waals surface area contributed by atoms with Crippen molar-refractivity contribution in [3.63, 3.8) is 0 Å². The number of rotatable bonds is 7.